The molecule has 3 saturated heterocycles. The van der Waals surface area contributed by atoms with Gasteiger partial charge in [-0.25, -0.2) is 0 Å². The normalized spacial score (nSPS) is 40.6. The molecule has 4 aliphatic rings. The summed E-state index contributed by atoms with van der Waals surface area (Å²) in [4.78, 5) is 0. The van der Waals surface area contributed by atoms with Gasteiger partial charge in [-0.2, -0.15) is 0 Å². The van der Waals surface area contributed by atoms with Crippen LogP contribution >= 0.6 is 0 Å². The molecule has 1 aliphatic carbocycles. The van der Waals surface area contributed by atoms with Crippen molar-refractivity contribution in [3.8, 4) is 11.5 Å². The van der Waals surface area contributed by atoms with Crippen LogP contribution in [0.2, 0.25) is 0 Å². The molecule has 3 heterocycles. The van der Waals surface area contributed by atoms with Crippen LogP contribution in [0.3, 0.4) is 0 Å². The number of aryl methyl sites for hydroxylation is 1. The highest BCUT2D eigenvalue weighted by molar-refractivity contribution is 5.52. The van der Waals surface area contributed by atoms with Crippen LogP contribution < -0.4 is 4.74 Å². The van der Waals surface area contributed by atoms with Crippen LogP contribution in [-0.2, 0) is 30.1 Å². The molecule has 16 nitrogen and oxygen atoms in total. The Kier molecular flexibility index (Phi) is 15.7. The van der Waals surface area contributed by atoms with Crippen molar-refractivity contribution < 1.29 is 79.5 Å². The number of benzene rings is 1. The molecule has 0 spiro atoms. The van der Waals surface area contributed by atoms with E-state index < -0.39 is 105 Å². The zero-order valence-corrected chi connectivity index (χ0v) is 32.5. The van der Waals surface area contributed by atoms with Gasteiger partial charge in [0.1, 0.15) is 78.6 Å². The van der Waals surface area contributed by atoms with E-state index in [9.17, 15) is 51.1 Å². The lowest BCUT2D eigenvalue weighted by Crippen LogP contribution is -2.67. The molecule has 3 aliphatic heterocycles. The van der Waals surface area contributed by atoms with Crippen LogP contribution in [-0.4, -0.2) is 156 Å². The summed E-state index contributed by atoms with van der Waals surface area (Å²) in [7, 11) is 0. The van der Waals surface area contributed by atoms with Crippen molar-refractivity contribution in [3.05, 3.63) is 47.1 Å². The minimum Gasteiger partial charge on any atom is -0.507 e. The van der Waals surface area contributed by atoms with Gasteiger partial charge in [-0.15, -0.1) is 0 Å². The van der Waals surface area contributed by atoms with Crippen LogP contribution in [0.25, 0.3) is 0 Å². The van der Waals surface area contributed by atoms with E-state index in [0.717, 1.165) is 48.8 Å². The van der Waals surface area contributed by atoms with Gasteiger partial charge in [0, 0.05) is 11.5 Å². The number of aliphatic hydroxyl groups excluding tert-OH is 9. The van der Waals surface area contributed by atoms with E-state index in [1.807, 2.05) is 13.8 Å². The number of hydrogen-bond donors (Lipinski definition) is 10. The van der Waals surface area contributed by atoms with Gasteiger partial charge in [-0.1, -0.05) is 50.5 Å². The summed E-state index contributed by atoms with van der Waals surface area (Å²) >= 11 is 0. The Balaban J connectivity index is 1.55. The molecule has 0 aromatic heterocycles. The number of allylic oxidation sites excluding steroid dienone is 3. The van der Waals surface area contributed by atoms with Crippen molar-refractivity contribution in [2.45, 2.75) is 171 Å². The smallest absolute Gasteiger partial charge is 0.229 e. The lowest BCUT2D eigenvalue weighted by molar-refractivity contribution is -0.380. The maximum absolute atomic E-state index is 12.1. The number of phenolic OH excluding ortho intramolecular Hbond substituents is 1. The molecule has 1 aromatic carbocycles. The predicted octanol–water partition coefficient (Wildman–Crippen LogP) is 0.386. The van der Waals surface area contributed by atoms with Crippen molar-refractivity contribution in [1.29, 1.82) is 0 Å². The Morgan fingerprint density at radius 3 is 1.93 bits per heavy atom. The summed E-state index contributed by atoms with van der Waals surface area (Å²) in [5.74, 6) is -0.238. The SMILES string of the molecule is C=C(C)[C@@H]1CCC(C)=C[C@H]1c1c(O)cc(CCCCC)cc1O[C@@H]1O[C@H](CO)[C@@H](O[C@@H]2O[C@H](CC)[C@@H](O)[C@H](O)[C@H]2O)[C@H](O[C@@H]2O[C@H](CO)[C@@H](O)[C@H](O)[C@H]2O)[C@H]1O. The van der Waals surface area contributed by atoms with Gasteiger partial charge in [-0.05, 0) is 69.6 Å². The Morgan fingerprint density at radius 1 is 0.750 bits per heavy atom. The monoisotopic (exact) mass is 798 g/mol. The minimum absolute atomic E-state index is 0.0230. The van der Waals surface area contributed by atoms with Gasteiger partial charge in [0.05, 0.1) is 19.3 Å². The largest absolute Gasteiger partial charge is 0.507 e. The van der Waals surface area contributed by atoms with E-state index in [2.05, 4.69) is 19.6 Å². The van der Waals surface area contributed by atoms with Crippen LogP contribution in [0.5, 0.6) is 11.5 Å². The molecule has 318 valence electrons. The van der Waals surface area contributed by atoms with Crippen molar-refractivity contribution in [2.75, 3.05) is 13.2 Å². The van der Waals surface area contributed by atoms with Gasteiger partial charge in [0.2, 0.25) is 6.29 Å². The second kappa shape index (κ2) is 19.7. The van der Waals surface area contributed by atoms with E-state index in [4.69, 9.17) is 28.4 Å². The third-order valence-corrected chi connectivity index (χ3v) is 11.5. The van der Waals surface area contributed by atoms with Crippen LogP contribution in [0.1, 0.15) is 83.3 Å². The second-order valence-corrected chi connectivity index (χ2v) is 15.7. The number of aliphatic hydroxyl groups is 9. The fourth-order valence-corrected chi connectivity index (χ4v) is 8.17. The molecule has 0 radical (unpaired) electrons. The summed E-state index contributed by atoms with van der Waals surface area (Å²) < 4.78 is 36.2. The molecule has 5 rings (SSSR count). The van der Waals surface area contributed by atoms with E-state index in [1.54, 1.807) is 19.1 Å². The van der Waals surface area contributed by atoms with Crippen LogP contribution in [0, 0.1) is 5.92 Å². The first-order valence-electron chi connectivity index (χ1n) is 19.8. The molecule has 0 amide bonds. The van der Waals surface area contributed by atoms with Gasteiger partial charge in [0.15, 0.2) is 12.6 Å². The van der Waals surface area contributed by atoms with E-state index in [1.165, 1.54) is 0 Å². The minimum atomic E-state index is -1.91. The Labute approximate surface area is 327 Å². The lowest BCUT2D eigenvalue weighted by atomic mass is 9.73. The van der Waals surface area contributed by atoms with Gasteiger partial charge in [0.25, 0.3) is 0 Å². The molecular formula is C40H62O16. The molecular weight excluding hydrogens is 736 g/mol. The molecule has 10 N–H and O–H groups in total. The van der Waals surface area contributed by atoms with Crippen LogP contribution in [0.15, 0.2) is 35.9 Å². The molecule has 16 heteroatoms. The van der Waals surface area contributed by atoms with Crippen molar-refractivity contribution in [3.63, 3.8) is 0 Å². The summed E-state index contributed by atoms with van der Waals surface area (Å²) in [6.45, 7) is 10.4. The standard InChI is InChI=1S/C40H62O16/c1-6-8-9-10-20-14-23(43)28(22-13-19(5)11-12-21(22)18(3)4)25(15-20)52-40-35(50)37(56-39-34(49)32(47)30(45)26(16-41)53-39)36(27(17-42)54-40)55-38-33(48)31(46)29(44)24(7-2)51-38/h13-15,21-22,24,26-27,29-50H,3,6-12,16-17H2,1-2,4-5H3/t21-,22+,24+,26+,27+,29+,30+,31-,32-,33+,34+,35+,36+,37+,38-,39-,40+/m0/s1. The number of hydrogen-bond acceptors (Lipinski definition) is 16. The quantitative estimate of drug-likeness (QED) is 0.0850. The van der Waals surface area contributed by atoms with Gasteiger partial charge >= 0.3 is 0 Å². The second-order valence-electron chi connectivity index (χ2n) is 15.7. The Morgan fingerprint density at radius 2 is 1.34 bits per heavy atom. The van der Waals surface area contributed by atoms with Crippen LogP contribution in [0.4, 0.5) is 0 Å². The molecule has 0 bridgehead atoms. The Hall–Kier alpha value is -2.26. The molecule has 17 atom stereocenters. The van der Waals surface area contributed by atoms with Gasteiger partial charge < -0.3 is 79.5 Å². The highest BCUT2D eigenvalue weighted by Crippen LogP contribution is 2.48. The predicted molar refractivity (Wildman–Crippen MR) is 198 cm³/mol. The third kappa shape index (κ3) is 9.61. The average molecular weight is 799 g/mol. The molecule has 1 aromatic rings. The summed E-state index contributed by atoms with van der Waals surface area (Å²) in [6.07, 6.45) is -17.1. The molecule has 56 heavy (non-hydrogen) atoms. The first kappa shape index (κ1) is 44.8. The number of aromatic hydroxyl groups is 1. The number of phenols is 1. The summed E-state index contributed by atoms with van der Waals surface area (Å²) in [5, 5.41) is 108. The lowest BCUT2D eigenvalue weighted by Gasteiger charge is -2.49. The molecule has 3 fully saturated rings. The average Bonchev–Trinajstić information content (AvgIpc) is 3.17. The van der Waals surface area contributed by atoms with E-state index in [0.29, 0.717) is 12.0 Å². The van der Waals surface area contributed by atoms with E-state index in [-0.39, 0.29) is 29.8 Å². The zero-order valence-electron chi connectivity index (χ0n) is 32.5. The topological polar surface area (TPSA) is 258 Å². The number of ether oxygens (including phenoxy) is 6. The highest BCUT2D eigenvalue weighted by atomic mass is 16.8. The summed E-state index contributed by atoms with van der Waals surface area (Å²) in [6, 6.07) is 3.49. The van der Waals surface area contributed by atoms with Crippen molar-refractivity contribution in [2.24, 2.45) is 5.92 Å². The zero-order chi connectivity index (χ0) is 41.0. The maximum atomic E-state index is 12.1. The van der Waals surface area contributed by atoms with Crippen molar-refractivity contribution >= 4 is 0 Å². The fourth-order valence-electron chi connectivity index (χ4n) is 8.17. The first-order chi connectivity index (χ1) is 26.6. The Bertz CT molecular complexity index is 1470. The molecule has 0 saturated carbocycles. The summed E-state index contributed by atoms with van der Waals surface area (Å²) in [5.41, 5.74) is 3.23. The van der Waals surface area contributed by atoms with Crippen molar-refractivity contribution in [1.82, 2.24) is 0 Å². The maximum Gasteiger partial charge on any atom is 0.229 e. The first-order valence-corrected chi connectivity index (χ1v) is 19.8. The molecule has 0 unspecified atom stereocenters. The van der Waals surface area contributed by atoms with Gasteiger partial charge in [-0.3, -0.25) is 0 Å². The number of rotatable bonds is 15. The third-order valence-electron chi connectivity index (χ3n) is 11.5. The number of unbranched alkanes of at least 4 members (excludes halogenated alkanes) is 2. The van der Waals surface area contributed by atoms with E-state index >= 15 is 0 Å². The fraction of sp³-hybridized carbons (Fsp3) is 0.750. The highest BCUT2D eigenvalue weighted by Gasteiger charge is 2.55.